The Bertz CT molecular complexity index is 146. The molecule has 0 radical (unpaired) electrons. The van der Waals surface area contributed by atoms with Crippen molar-refractivity contribution in [2.45, 2.75) is 32.9 Å². The number of likely N-dealkylation sites (N-methyl/N-ethyl adjacent to an activating group) is 1. The van der Waals surface area contributed by atoms with E-state index in [1.807, 2.05) is 0 Å². The summed E-state index contributed by atoms with van der Waals surface area (Å²) >= 11 is 0. The first-order valence-corrected chi connectivity index (χ1v) is 4.45. The van der Waals surface area contributed by atoms with E-state index in [2.05, 4.69) is 44.0 Å². The van der Waals surface area contributed by atoms with Gasteiger partial charge in [-0.3, -0.25) is 0 Å². The fourth-order valence-corrected chi connectivity index (χ4v) is 1.01. The van der Waals surface area contributed by atoms with Crippen molar-refractivity contribution in [2.75, 3.05) is 20.1 Å². The van der Waals surface area contributed by atoms with Gasteiger partial charge in [-0.2, -0.15) is 0 Å². The highest BCUT2D eigenvalue weighted by Crippen LogP contribution is 1.99. The van der Waals surface area contributed by atoms with Crippen molar-refractivity contribution in [3.8, 4) is 12.3 Å². The molecule has 0 aromatic rings. The third-order valence-corrected chi connectivity index (χ3v) is 2.18. The lowest BCUT2D eigenvalue weighted by Crippen LogP contribution is -2.41. The second-order valence-electron chi connectivity index (χ2n) is 3.44. The Balaban J connectivity index is 3.58. The summed E-state index contributed by atoms with van der Waals surface area (Å²) in [5.74, 6) is 2.56. The topological polar surface area (TPSA) is 15.3 Å². The van der Waals surface area contributed by atoms with Crippen LogP contribution in [-0.2, 0) is 0 Å². The molecule has 0 aromatic carbocycles. The predicted octanol–water partition coefficient (Wildman–Crippen LogP) is 0.938. The summed E-state index contributed by atoms with van der Waals surface area (Å²) < 4.78 is 0. The molecule has 1 atom stereocenters. The van der Waals surface area contributed by atoms with Gasteiger partial charge in [-0.1, -0.05) is 5.92 Å². The average molecular weight is 168 g/mol. The van der Waals surface area contributed by atoms with Gasteiger partial charge in [0.25, 0.3) is 0 Å². The molecular weight excluding hydrogens is 148 g/mol. The van der Waals surface area contributed by atoms with Crippen LogP contribution in [-0.4, -0.2) is 37.1 Å². The monoisotopic (exact) mass is 168 g/mol. The molecule has 0 amide bonds. The molecule has 0 spiro atoms. The Morgan fingerprint density at radius 1 is 1.42 bits per heavy atom. The summed E-state index contributed by atoms with van der Waals surface area (Å²) in [4.78, 5) is 2.32. The molecule has 0 bridgehead atoms. The van der Waals surface area contributed by atoms with Crippen molar-refractivity contribution >= 4 is 0 Å². The molecule has 0 fully saturated rings. The molecule has 0 aliphatic heterocycles. The predicted molar refractivity (Wildman–Crippen MR) is 54.1 cm³/mol. The number of nitrogens with zero attached hydrogens (tertiary/aromatic N) is 1. The molecule has 2 heteroatoms. The highest BCUT2D eigenvalue weighted by atomic mass is 15.2. The van der Waals surface area contributed by atoms with Crippen LogP contribution < -0.4 is 5.32 Å². The van der Waals surface area contributed by atoms with Crippen LogP contribution in [0.4, 0.5) is 0 Å². The summed E-state index contributed by atoms with van der Waals surface area (Å²) in [5, 5.41) is 3.19. The van der Waals surface area contributed by atoms with Gasteiger partial charge in [0.1, 0.15) is 0 Å². The normalized spacial score (nSPS) is 13.4. The van der Waals surface area contributed by atoms with E-state index in [1.165, 1.54) is 0 Å². The Kier molecular flexibility index (Phi) is 5.79. The van der Waals surface area contributed by atoms with Gasteiger partial charge >= 0.3 is 0 Å². The van der Waals surface area contributed by atoms with E-state index in [4.69, 9.17) is 6.42 Å². The second-order valence-corrected chi connectivity index (χ2v) is 3.44. The number of hydrogen-bond donors (Lipinski definition) is 1. The molecule has 0 rings (SSSR count). The van der Waals surface area contributed by atoms with Gasteiger partial charge in [0.15, 0.2) is 0 Å². The van der Waals surface area contributed by atoms with Crippen molar-refractivity contribution in [2.24, 2.45) is 0 Å². The number of hydrogen-bond acceptors (Lipinski definition) is 2. The largest absolute Gasteiger partial charge is 0.305 e. The zero-order chi connectivity index (χ0) is 9.56. The molecule has 0 saturated carbocycles. The molecule has 2 nitrogen and oxygen atoms in total. The third-order valence-electron chi connectivity index (χ3n) is 2.18. The lowest BCUT2D eigenvalue weighted by Gasteiger charge is -2.28. The maximum atomic E-state index is 5.12. The molecule has 0 aliphatic rings. The fraction of sp³-hybridized carbons (Fsp3) is 0.800. The van der Waals surface area contributed by atoms with Crippen LogP contribution in [0.1, 0.15) is 20.8 Å². The number of terminal acetylenes is 1. The standard InChI is InChI=1S/C10H20N2/c1-6-7-11-8-10(4)12(5)9(2)3/h1,9-11H,7-8H2,2-5H3. The lowest BCUT2D eigenvalue weighted by atomic mass is 10.2. The molecule has 1 N–H and O–H groups in total. The van der Waals surface area contributed by atoms with Crippen molar-refractivity contribution in [1.82, 2.24) is 10.2 Å². The van der Waals surface area contributed by atoms with E-state index in [9.17, 15) is 0 Å². The van der Waals surface area contributed by atoms with Gasteiger partial charge in [0.05, 0.1) is 6.54 Å². The minimum absolute atomic E-state index is 0.540. The zero-order valence-corrected chi connectivity index (χ0v) is 8.59. The summed E-state index contributed by atoms with van der Waals surface area (Å²) in [7, 11) is 2.13. The van der Waals surface area contributed by atoms with E-state index in [1.54, 1.807) is 0 Å². The van der Waals surface area contributed by atoms with Gasteiger partial charge < -0.3 is 10.2 Å². The van der Waals surface area contributed by atoms with Crippen LogP contribution in [0.15, 0.2) is 0 Å². The molecule has 1 unspecified atom stereocenters. The van der Waals surface area contributed by atoms with E-state index < -0.39 is 0 Å². The molecule has 0 saturated heterocycles. The lowest BCUT2D eigenvalue weighted by molar-refractivity contribution is 0.205. The maximum Gasteiger partial charge on any atom is 0.0574 e. The van der Waals surface area contributed by atoms with Crippen molar-refractivity contribution in [1.29, 1.82) is 0 Å². The first-order valence-electron chi connectivity index (χ1n) is 4.45. The van der Waals surface area contributed by atoms with Crippen molar-refractivity contribution < 1.29 is 0 Å². The van der Waals surface area contributed by atoms with Crippen LogP contribution in [0, 0.1) is 12.3 Å². The van der Waals surface area contributed by atoms with Gasteiger partial charge in [0.2, 0.25) is 0 Å². The second kappa shape index (κ2) is 6.05. The molecule has 12 heavy (non-hydrogen) atoms. The van der Waals surface area contributed by atoms with Crippen LogP contribution in [0.25, 0.3) is 0 Å². The first-order chi connectivity index (χ1) is 5.59. The van der Waals surface area contributed by atoms with Crippen molar-refractivity contribution in [3.05, 3.63) is 0 Å². The Labute approximate surface area is 76.3 Å². The molecule has 0 aromatic heterocycles. The SMILES string of the molecule is C#CCNCC(C)N(C)C(C)C. The smallest absolute Gasteiger partial charge is 0.0574 e. The number of nitrogens with one attached hydrogen (secondary N) is 1. The van der Waals surface area contributed by atoms with E-state index in [0.717, 1.165) is 6.54 Å². The van der Waals surface area contributed by atoms with Crippen LogP contribution in [0.5, 0.6) is 0 Å². The Morgan fingerprint density at radius 2 is 2.00 bits per heavy atom. The minimum Gasteiger partial charge on any atom is -0.305 e. The minimum atomic E-state index is 0.540. The summed E-state index contributed by atoms with van der Waals surface area (Å²) in [5.41, 5.74) is 0. The van der Waals surface area contributed by atoms with Crippen LogP contribution in [0.2, 0.25) is 0 Å². The summed E-state index contributed by atoms with van der Waals surface area (Å²) in [6.07, 6.45) is 5.12. The molecular formula is C10H20N2. The molecule has 0 aliphatic carbocycles. The zero-order valence-electron chi connectivity index (χ0n) is 8.59. The Morgan fingerprint density at radius 3 is 2.42 bits per heavy atom. The average Bonchev–Trinajstić information content (AvgIpc) is 2.03. The maximum absolute atomic E-state index is 5.12. The van der Waals surface area contributed by atoms with Gasteiger partial charge in [-0.15, -0.1) is 6.42 Å². The van der Waals surface area contributed by atoms with Crippen molar-refractivity contribution in [3.63, 3.8) is 0 Å². The van der Waals surface area contributed by atoms with E-state index in [-0.39, 0.29) is 0 Å². The quantitative estimate of drug-likeness (QED) is 0.485. The van der Waals surface area contributed by atoms with Gasteiger partial charge in [0, 0.05) is 18.6 Å². The summed E-state index contributed by atoms with van der Waals surface area (Å²) in [6.45, 7) is 8.20. The third kappa shape index (κ3) is 4.38. The van der Waals surface area contributed by atoms with Gasteiger partial charge in [-0.05, 0) is 27.8 Å². The fourth-order valence-electron chi connectivity index (χ4n) is 1.01. The number of rotatable bonds is 5. The highest BCUT2D eigenvalue weighted by Gasteiger charge is 2.10. The highest BCUT2D eigenvalue weighted by molar-refractivity contribution is 4.87. The van der Waals surface area contributed by atoms with Crippen LogP contribution in [0.3, 0.4) is 0 Å². The van der Waals surface area contributed by atoms with E-state index in [0.29, 0.717) is 18.6 Å². The molecule has 70 valence electrons. The summed E-state index contributed by atoms with van der Waals surface area (Å²) in [6, 6.07) is 1.13. The first kappa shape index (κ1) is 11.5. The van der Waals surface area contributed by atoms with E-state index >= 15 is 0 Å². The Hall–Kier alpha value is -0.520. The van der Waals surface area contributed by atoms with Crippen LogP contribution >= 0.6 is 0 Å². The van der Waals surface area contributed by atoms with Gasteiger partial charge in [-0.25, -0.2) is 0 Å². The molecule has 0 heterocycles.